The lowest BCUT2D eigenvalue weighted by Crippen LogP contribution is -2.14. The largest absolute Gasteiger partial charge is 0.478 e. The van der Waals surface area contributed by atoms with Gasteiger partial charge in [-0.05, 0) is 24.3 Å². The molecule has 0 unspecified atom stereocenters. The van der Waals surface area contributed by atoms with Crippen LogP contribution in [0.3, 0.4) is 0 Å². The Labute approximate surface area is 164 Å². The minimum Gasteiger partial charge on any atom is -0.478 e. The number of nitrogens with two attached hydrogens (primary N) is 1. The molecule has 0 aliphatic carbocycles. The molecule has 0 spiro atoms. The van der Waals surface area contributed by atoms with Crippen LogP contribution in [0.5, 0.6) is 0 Å². The van der Waals surface area contributed by atoms with Crippen molar-refractivity contribution in [1.82, 2.24) is 4.98 Å². The molecule has 0 atom stereocenters. The number of para-hydroxylation sites is 1. The minimum atomic E-state index is -1.12. The number of aromatic carboxylic acids is 1. The van der Waals surface area contributed by atoms with E-state index in [2.05, 4.69) is 10.3 Å². The number of carbonyl (C=O) groups excluding carboxylic acids is 1. The van der Waals surface area contributed by atoms with Gasteiger partial charge in [0.25, 0.3) is 5.91 Å². The number of hydrogen-bond donors (Lipinski definition) is 3. The van der Waals surface area contributed by atoms with Crippen molar-refractivity contribution in [3.63, 3.8) is 0 Å². The summed E-state index contributed by atoms with van der Waals surface area (Å²) in [7, 11) is 0. The third-order valence-electron chi connectivity index (χ3n) is 4.28. The normalized spacial score (nSPS) is 10.7. The molecule has 2 heterocycles. The number of amides is 1. The third-order valence-corrected chi connectivity index (χ3v) is 5.39. The summed E-state index contributed by atoms with van der Waals surface area (Å²) < 4.78 is 0. The van der Waals surface area contributed by atoms with Crippen LogP contribution in [0.4, 0.5) is 11.4 Å². The molecule has 28 heavy (non-hydrogen) atoms. The smallest absolute Gasteiger partial charge is 0.337 e. The maximum atomic E-state index is 12.7. The SMILES string of the molecule is Nc1c(C(=O)Nc2ccccc2C(=O)O)sc2nc(-c3ccccc3)ccc12. The van der Waals surface area contributed by atoms with Gasteiger partial charge in [0, 0.05) is 10.9 Å². The summed E-state index contributed by atoms with van der Waals surface area (Å²) in [5.41, 5.74) is 8.50. The highest BCUT2D eigenvalue weighted by Gasteiger charge is 2.20. The Morgan fingerprint density at radius 3 is 2.43 bits per heavy atom. The second-order valence-electron chi connectivity index (χ2n) is 6.06. The van der Waals surface area contributed by atoms with Gasteiger partial charge in [-0.1, -0.05) is 42.5 Å². The molecule has 2 aromatic carbocycles. The number of nitrogens with zero attached hydrogens (tertiary/aromatic N) is 1. The number of nitrogens with one attached hydrogen (secondary N) is 1. The quantitative estimate of drug-likeness (QED) is 0.477. The van der Waals surface area contributed by atoms with Gasteiger partial charge < -0.3 is 16.2 Å². The fraction of sp³-hybridized carbons (Fsp3) is 0. The van der Waals surface area contributed by atoms with Crippen LogP contribution in [-0.2, 0) is 0 Å². The Kier molecular flexibility index (Phi) is 4.50. The van der Waals surface area contributed by atoms with Gasteiger partial charge in [0.2, 0.25) is 0 Å². The average molecular weight is 389 g/mol. The van der Waals surface area contributed by atoms with Gasteiger partial charge in [0.1, 0.15) is 9.71 Å². The lowest BCUT2D eigenvalue weighted by Gasteiger charge is -2.07. The van der Waals surface area contributed by atoms with E-state index in [0.717, 1.165) is 11.3 Å². The van der Waals surface area contributed by atoms with E-state index < -0.39 is 11.9 Å². The number of aromatic nitrogens is 1. The molecule has 0 saturated heterocycles. The van der Waals surface area contributed by atoms with E-state index in [9.17, 15) is 14.7 Å². The number of carboxylic acid groups (broad SMARTS) is 1. The van der Waals surface area contributed by atoms with Crippen LogP contribution in [0.15, 0.2) is 66.7 Å². The van der Waals surface area contributed by atoms with Crippen molar-refractivity contribution in [2.75, 3.05) is 11.1 Å². The van der Waals surface area contributed by atoms with Crippen LogP contribution in [0, 0.1) is 0 Å². The van der Waals surface area contributed by atoms with Crippen LogP contribution < -0.4 is 11.1 Å². The first-order valence-corrected chi connectivity index (χ1v) is 9.24. The summed E-state index contributed by atoms with van der Waals surface area (Å²) >= 11 is 1.18. The molecule has 0 aliphatic rings. The van der Waals surface area contributed by atoms with Crippen molar-refractivity contribution in [2.24, 2.45) is 0 Å². The van der Waals surface area contributed by atoms with Crippen LogP contribution in [0.1, 0.15) is 20.0 Å². The van der Waals surface area contributed by atoms with Crippen molar-refractivity contribution in [1.29, 1.82) is 0 Å². The number of carboxylic acids is 1. The molecule has 0 saturated carbocycles. The first-order chi connectivity index (χ1) is 13.5. The van der Waals surface area contributed by atoms with Crippen molar-refractivity contribution in [3.8, 4) is 11.3 Å². The third kappa shape index (κ3) is 3.19. The molecule has 138 valence electrons. The summed E-state index contributed by atoms with van der Waals surface area (Å²) in [6.07, 6.45) is 0. The first-order valence-electron chi connectivity index (χ1n) is 8.42. The van der Waals surface area contributed by atoms with E-state index in [1.54, 1.807) is 12.1 Å². The Balaban J connectivity index is 1.70. The summed E-state index contributed by atoms with van der Waals surface area (Å²) in [4.78, 5) is 29.6. The van der Waals surface area contributed by atoms with E-state index >= 15 is 0 Å². The highest BCUT2D eigenvalue weighted by Crippen LogP contribution is 2.34. The molecule has 4 N–H and O–H groups in total. The second kappa shape index (κ2) is 7.13. The van der Waals surface area contributed by atoms with E-state index in [0.29, 0.717) is 20.8 Å². The lowest BCUT2D eigenvalue weighted by molar-refractivity contribution is 0.0698. The average Bonchev–Trinajstić information content (AvgIpc) is 3.05. The highest BCUT2D eigenvalue weighted by molar-refractivity contribution is 7.21. The molecule has 2 aromatic heterocycles. The second-order valence-corrected chi connectivity index (χ2v) is 7.06. The highest BCUT2D eigenvalue weighted by atomic mass is 32.1. The maximum Gasteiger partial charge on any atom is 0.337 e. The summed E-state index contributed by atoms with van der Waals surface area (Å²) in [5.74, 6) is -1.58. The van der Waals surface area contributed by atoms with Crippen molar-refractivity contribution in [2.45, 2.75) is 0 Å². The molecule has 0 aliphatic heterocycles. The summed E-state index contributed by atoms with van der Waals surface area (Å²) in [5, 5.41) is 12.6. The molecule has 4 aromatic rings. The molecular weight excluding hydrogens is 374 g/mol. The number of nitrogen functional groups attached to an aromatic ring is 1. The van der Waals surface area contributed by atoms with Gasteiger partial charge in [-0.3, -0.25) is 4.79 Å². The van der Waals surface area contributed by atoms with Crippen molar-refractivity contribution < 1.29 is 14.7 Å². The Morgan fingerprint density at radius 2 is 1.68 bits per heavy atom. The predicted molar refractivity (Wildman–Crippen MR) is 111 cm³/mol. The Bertz CT molecular complexity index is 1200. The zero-order valence-corrected chi connectivity index (χ0v) is 15.4. The number of fused-ring (bicyclic) bond motifs is 1. The van der Waals surface area contributed by atoms with E-state index in [-0.39, 0.29) is 11.3 Å². The lowest BCUT2D eigenvalue weighted by atomic mass is 10.1. The number of pyridine rings is 1. The Morgan fingerprint density at radius 1 is 0.964 bits per heavy atom. The van der Waals surface area contributed by atoms with Crippen LogP contribution >= 0.6 is 11.3 Å². The molecule has 7 heteroatoms. The number of benzene rings is 2. The fourth-order valence-electron chi connectivity index (χ4n) is 2.89. The topological polar surface area (TPSA) is 105 Å². The molecular formula is C21H15N3O3S. The van der Waals surface area contributed by atoms with Gasteiger partial charge in [0.05, 0.1) is 22.6 Å². The van der Waals surface area contributed by atoms with Gasteiger partial charge in [-0.25, -0.2) is 9.78 Å². The predicted octanol–water partition coefficient (Wildman–Crippen LogP) is 4.50. The van der Waals surface area contributed by atoms with Crippen molar-refractivity contribution in [3.05, 3.63) is 77.2 Å². The maximum absolute atomic E-state index is 12.7. The van der Waals surface area contributed by atoms with Gasteiger partial charge in [-0.15, -0.1) is 11.3 Å². The number of anilines is 2. The minimum absolute atomic E-state index is 0.0139. The number of thiophene rings is 1. The molecule has 1 amide bonds. The fourth-order valence-corrected chi connectivity index (χ4v) is 3.88. The molecule has 4 rings (SSSR count). The van der Waals surface area contributed by atoms with E-state index in [1.165, 1.54) is 23.5 Å². The summed E-state index contributed by atoms with van der Waals surface area (Å²) in [6, 6.07) is 19.7. The molecule has 0 radical (unpaired) electrons. The van der Waals surface area contributed by atoms with Crippen LogP contribution in [0.2, 0.25) is 0 Å². The molecule has 6 nitrogen and oxygen atoms in total. The zero-order chi connectivity index (χ0) is 19.7. The van der Waals surface area contributed by atoms with E-state index in [4.69, 9.17) is 5.73 Å². The van der Waals surface area contributed by atoms with Gasteiger partial charge in [0.15, 0.2) is 0 Å². The number of hydrogen-bond acceptors (Lipinski definition) is 5. The van der Waals surface area contributed by atoms with Crippen LogP contribution in [-0.4, -0.2) is 22.0 Å². The summed E-state index contributed by atoms with van der Waals surface area (Å²) in [6.45, 7) is 0. The monoisotopic (exact) mass is 389 g/mol. The standard InChI is InChI=1S/C21H15N3O3S/c22-17-14-10-11-15(12-6-2-1-3-7-12)24-20(14)28-18(17)19(25)23-16-9-5-4-8-13(16)21(26)27/h1-11H,22H2,(H,23,25)(H,26,27). The zero-order valence-electron chi connectivity index (χ0n) is 14.5. The first kappa shape index (κ1) is 17.7. The number of carbonyl (C=O) groups is 2. The molecule has 0 fully saturated rings. The Hall–Kier alpha value is -3.71. The molecule has 0 bridgehead atoms. The van der Waals surface area contributed by atoms with E-state index in [1.807, 2.05) is 42.5 Å². The number of rotatable bonds is 4. The van der Waals surface area contributed by atoms with Crippen molar-refractivity contribution >= 4 is 44.8 Å². The van der Waals surface area contributed by atoms with Crippen LogP contribution in [0.25, 0.3) is 21.5 Å². The van der Waals surface area contributed by atoms with Gasteiger partial charge >= 0.3 is 5.97 Å². The van der Waals surface area contributed by atoms with Gasteiger partial charge in [-0.2, -0.15) is 0 Å².